The van der Waals surface area contributed by atoms with Crippen molar-refractivity contribution in [2.24, 2.45) is 0 Å². The van der Waals surface area contributed by atoms with E-state index in [2.05, 4.69) is 52.6 Å². The molecular formula is C24H40BFN2O2. The van der Waals surface area contributed by atoms with Crippen LogP contribution in [0.5, 0.6) is 0 Å². The molecule has 6 heteroatoms. The number of halogens is 1. The third-order valence-corrected chi connectivity index (χ3v) is 4.13. The van der Waals surface area contributed by atoms with Gasteiger partial charge in [-0.05, 0) is 48.6 Å². The van der Waals surface area contributed by atoms with Gasteiger partial charge in [0.15, 0.2) is 0 Å². The predicted molar refractivity (Wildman–Crippen MR) is 128 cm³/mol. The zero-order valence-corrected chi connectivity index (χ0v) is 18.6. The van der Waals surface area contributed by atoms with Crippen molar-refractivity contribution in [3.05, 3.63) is 101 Å². The van der Waals surface area contributed by atoms with Crippen LogP contribution in [-0.4, -0.2) is 68.7 Å². The van der Waals surface area contributed by atoms with Gasteiger partial charge in [0.2, 0.25) is 0 Å². The molecule has 0 rings (SSSR count). The van der Waals surface area contributed by atoms with E-state index >= 15 is 0 Å². The zero-order valence-electron chi connectivity index (χ0n) is 18.6. The molecule has 0 unspecified atom stereocenters. The van der Waals surface area contributed by atoms with Crippen molar-refractivity contribution >= 4 is 7.40 Å². The third-order valence-electron chi connectivity index (χ3n) is 4.13. The number of nitrogens with zero attached hydrogens (tertiary/aromatic N) is 2. The molecule has 0 saturated heterocycles. The molecule has 0 aromatic rings. The highest BCUT2D eigenvalue weighted by Gasteiger charge is 2.21. The van der Waals surface area contributed by atoms with Gasteiger partial charge in [-0.1, -0.05) is 52.6 Å². The summed E-state index contributed by atoms with van der Waals surface area (Å²) in [5, 5.41) is 16.6. The van der Waals surface area contributed by atoms with E-state index in [-0.39, 0.29) is 0 Å². The average molecular weight is 418 g/mol. The van der Waals surface area contributed by atoms with E-state index < -0.39 is 7.40 Å². The fourth-order valence-electron chi connectivity index (χ4n) is 3.09. The van der Waals surface area contributed by atoms with Crippen molar-refractivity contribution in [2.75, 3.05) is 52.4 Å². The van der Waals surface area contributed by atoms with Crippen LogP contribution in [0, 0.1) is 0 Å². The smallest absolute Gasteiger partial charge is 0.121 e. The highest BCUT2D eigenvalue weighted by Crippen LogP contribution is 2.08. The minimum absolute atomic E-state index is 0.903. The van der Waals surface area contributed by atoms with Crippen LogP contribution in [0.2, 0.25) is 0 Å². The molecule has 0 aliphatic carbocycles. The normalized spacial score (nSPS) is 9.97. The van der Waals surface area contributed by atoms with Crippen LogP contribution in [0.1, 0.15) is 0 Å². The van der Waals surface area contributed by atoms with Crippen LogP contribution >= 0.6 is 0 Å². The first-order valence-electron chi connectivity index (χ1n) is 9.75. The molecule has 0 atom stereocenters. The fourth-order valence-corrected chi connectivity index (χ4v) is 3.09. The summed E-state index contributed by atoms with van der Waals surface area (Å²) in [6, 6.07) is 0. The van der Waals surface area contributed by atoms with Crippen LogP contribution in [0.3, 0.4) is 0 Å². The lowest BCUT2D eigenvalue weighted by molar-refractivity contribution is -0.906. The standard InChI is InChI=1S/2C12H20N.BFO2/c2*1-5-9-13(10-6-2,11-7-3)12-8-4;2-1(3)4/h2*5-8H,1-4,9-12H2;/q2*+1;-2. The van der Waals surface area contributed by atoms with E-state index in [1.807, 2.05) is 48.6 Å². The van der Waals surface area contributed by atoms with E-state index in [4.69, 9.17) is 10.0 Å². The molecule has 0 N–H and O–H groups in total. The molecule has 168 valence electrons. The third kappa shape index (κ3) is 17.8. The fraction of sp³-hybridized carbons (Fsp3) is 0.333. The van der Waals surface area contributed by atoms with Gasteiger partial charge in [-0.25, -0.2) is 0 Å². The van der Waals surface area contributed by atoms with Gasteiger partial charge >= 0.3 is 0 Å². The maximum atomic E-state index is 9.89. The Labute approximate surface area is 184 Å². The quantitative estimate of drug-likeness (QED) is 0.220. The van der Waals surface area contributed by atoms with Crippen molar-refractivity contribution in [3.8, 4) is 0 Å². The van der Waals surface area contributed by atoms with E-state index in [1.54, 1.807) is 0 Å². The molecule has 0 fully saturated rings. The summed E-state index contributed by atoms with van der Waals surface area (Å²) >= 11 is 0. The lowest BCUT2D eigenvalue weighted by Gasteiger charge is -2.35. The summed E-state index contributed by atoms with van der Waals surface area (Å²) < 4.78 is 11.7. The molecule has 4 nitrogen and oxygen atoms in total. The monoisotopic (exact) mass is 418 g/mol. The summed E-state index contributed by atoms with van der Waals surface area (Å²) in [5.74, 6) is 0. The van der Waals surface area contributed by atoms with Crippen molar-refractivity contribution in [3.63, 3.8) is 0 Å². The lowest BCUT2D eigenvalue weighted by Crippen LogP contribution is -2.48. The van der Waals surface area contributed by atoms with Crippen molar-refractivity contribution in [1.29, 1.82) is 0 Å². The Hall–Kier alpha value is -2.25. The summed E-state index contributed by atoms with van der Waals surface area (Å²) in [6.45, 7) is 37.7. The molecule has 0 amide bonds. The van der Waals surface area contributed by atoms with Crippen LogP contribution in [-0.2, 0) is 0 Å². The second-order valence-corrected chi connectivity index (χ2v) is 6.73. The first kappa shape index (κ1) is 32.4. The Bertz CT molecular complexity index is 396. The number of quaternary nitrogens is 2. The first-order valence-corrected chi connectivity index (χ1v) is 9.75. The summed E-state index contributed by atoms with van der Waals surface area (Å²) in [4.78, 5) is 0. The van der Waals surface area contributed by atoms with Gasteiger partial charge in [-0.3, -0.25) is 0 Å². The van der Waals surface area contributed by atoms with Crippen LogP contribution in [0.4, 0.5) is 4.32 Å². The Morgan fingerprint density at radius 1 is 0.467 bits per heavy atom. The molecule has 0 aromatic heterocycles. The minimum atomic E-state index is -3.17. The van der Waals surface area contributed by atoms with Gasteiger partial charge in [0.05, 0.1) is 52.4 Å². The topological polar surface area (TPSA) is 46.1 Å². The molecule has 0 heterocycles. The van der Waals surface area contributed by atoms with Crippen molar-refractivity contribution in [2.45, 2.75) is 0 Å². The van der Waals surface area contributed by atoms with Gasteiger partial charge in [-0.2, -0.15) is 0 Å². The van der Waals surface area contributed by atoms with E-state index in [0.29, 0.717) is 0 Å². The Kier molecular flexibility index (Phi) is 23.2. The molecule has 0 saturated carbocycles. The molecular weight excluding hydrogens is 378 g/mol. The summed E-state index contributed by atoms with van der Waals surface area (Å²) in [7, 11) is -3.17. The van der Waals surface area contributed by atoms with E-state index in [9.17, 15) is 4.32 Å². The summed E-state index contributed by atoms with van der Waals surface area (Å²) in [5.41, 5.74) is 0. The van der Waals surface area contributed by atoms with Gasteiger partial charge in [-0.15, -0.1) is 0 Å². The lowest BCUT2D eigenvalue weighted by atomic mass is 10.3. The maximum absolute atomic E-state index is 9.89. The molecule has 0 radical (unpaired) electrons. The van der Waals surface area contributed by atoms with Crippen LogP contribution < -0.4 is 10.0 Å². The van der Waals surface area contributed by atoms with Crippen molar-refractivity contribution < 1.29 is 23.3 Å². The van der Waals surface area contributed by atoms with E-state index in [1.165, 1.54) is 0 Å². The molecule has 30 heavy (non-hydrogen) atoms. The first-order chi connectivity index (χ1) is 14.2. The van der Waals surface area contributed by atoms with Crippen LogP contribution in [0.15, 0.2) is 101 Å². The van der Waals surface area contributed by atoms with Gasteiger partial charge < -0.3 is 23.3 Å². The second kappa shape index (κ2) is 21.5. The molecule has 0 aromatic carbocycles. The van der Waals surface area contributed by atoms with Crippen LogP contribution in [0.25, 0.3) is 0 Å². The maximum Gasteiger partial charge on any atom is 0.121 e. The number of hydrogen-bond acceptors (Lipinski definition) is 2. The second-order valence-electron chi connectivity index (χ2n) is 6.73. The number of rotatable bonds is 16. The Morgan fingerprint density at radius 2 is 0.567 bits per heavy atom. The predicted octanol–water partition coefficient (Wildman–Crippen LogP) is 2.76. The zero-order chi connectivity index (χ0) is 23.9. The SMILES string of the molecule is C=CC[N+](CC=C)(CC=C)CC=C.C=CC[N+](CC=C)(CC=C)CC=C.[O-]B([O-])F. The summed E-state index contributed by atoms with van der Waals surface area (Å²) in [6.07, 6.45) is 15.5. The average Bonchev–Trinajstić information content (AvgIpc) is 2.64. The highest BCUT2D eigenvalue weighted by molar-refractivity contribution is 6.27. The van der Waals surface area contributed by atoms with E-state index in [0.717, 1.165) is 61.3 Å². The van der Waals surface area contributed by atoms with Gasteiger partial charge in [0.1, 0.15) is 7.40 Å². The Morgan fingerprint density at radius 3 is 0.633 bits per heavy atom. The molecule has 0 aliphatic heterocycles. The minimum Gasteiger partial charge on any atom is -0.867 e. The molecule has 0 bridgehead atoms. The largest absolute Gasteiger partial charge is 0.867 e. The van der Waals surface area contributed by atoms with Crippen molar-refractivity contribution in [1.82, 2.24) is 0 Å². The number of hydrogen-bond donors (Lipinski definition) is 0. The van der Waals surface area contributed by atoms with Gasteiger partial charge in [0.25, 0.3) is 0 Å². The molecule has 0 aliphatic rings. The Balaban J connectivity index is -0.000000412. The molecule has 0 spiro atoms. The van der Waals surface area contributed by atoms with Gasteiger partial charge in [0, 0.05) is 0 Å². The highest BCUT2D eigenvalue weighted by atomic mass is 19.1.